The highest BCUT2D eigenvalue weighted by Gasteiger charge is 2.22. The van der Waals surface area contributed by atoms with E-state index >= 15 is 0 Å². The van der Waals surface area contributed by atoms with Crippen LogP contribution in [-0.2, 0) is 12.2 Å². The van der Waals surface area contributed by atoms with Crippen molar-refractivity contribution in [3.63, 3.8) is 0 Å². The van der Waals surface area contributed by atoms with E-state index in [2.05, 4.69) is 37.1 Å². The summed E-state index contributed by atoms with van der Waals surface area (Å²) < 4.78 is 5.35. The average molecular weight is 330 g/mol. The molecule has 0 atom stereocenters. The molecule has 1 aliphatic rings. The minimum Gasteiger partial charge on any atom is -0.423 e. The van der Waals surface area contributed by atoms with Crippen LogP contribution in [0.4, 0.5) is 0 Å². The maximum Gasteiger partial charge on any atom is 0.336 e. The second-order valence-corrected chi connectivity index (χ2v) is 7.67. The first-order chi connectivity index (χ1) is 11.0. The van der Waals surface area contributed by atoms with E-state index in [9.17, 15) is 4.79 Å². The van der Waals surface area contributed by atoms with Gasteiger partial charge in [-0.3, -0.25) is 4.99 Å². The van der Waals surface area contributed by atoms with Gasteiger partial charge in [0.05, 0.1) is 0 Å². The monoisotopic (exact) mass is 330 g/mol. The summed E-state index contributed by atoms with van der Waals surface area (Å²) in [6, 6.07) is 7.69. The van der Waals surface area contributed by atoms with Crippen molar-refractivity contribution in [2.24, 2.45) is 10.4 Å². The van der Waals surface area contributed by atoms with E-state index in [-0.39, 0.29) is 11.0 Å². The van der Waals surface area contributed by atoms with E-state index in [0.717, 1.165) is 35.6 Å². The summed E-state index contributed by atoms with van der Waals surface area (Å²) in [6.45, 7) is 8.25. The lowest BCUT2D eigenvalue weighted by molar-refractivity contribution is 0.364. The van der Waals surface area contributed by atoms with Crippen LogP contribution in [0.2, 0.25) is 0 Å². The number of hydrogen-bond donors (Lipinski definition) is 1. The maximum atomic E-state index is 11.8. The van der Waals surface area contributed by atoms with Gasteiger partial charge in [0.1, 0.15) is 5.58 Å². The van der Waals surface area contributed by atoms with Gasteiger partial charge < -0.3 is 9.73 Å². The number of fused-ring (bicyclic) bond motifs is 1. The van der Waals surface area contributed by atoms with Gasteiger partial charge in [-0.15, -0.1) is 0 Å². The summed E-state index contributed by atoms with van der Waals surface area (Å²) in [6.07, 6.45) is 0.926. The Morgan fingerprint density at radius 1 is 1.35 bits per heavy atom. The standard InChI is InChI=1S/C18H22N2O2S/c1-4-12-5-6-14-13(8-16(21)22-15(14)7-12)9-23-17-19-10-18(2,3)11-20-17/h5-8H,4,9-11H2,1-3H3,(H,19,20). The number of amidine groups is 1. The first-order valence-corrected chi connectivity index (χ1v) is 8.92. The SMILES string of the molecule is CCc1ccc2c(CSC3=NCC(C)(C)CN3)cc(=O)oc2c1. The summed E-state index contributed by atoms with van der Waals surface area (Å²) in [7, 11) is 0. The van der Waals surface area contributed by atoms with E-state index in [4.69, 9.17) is 4.42 Å². The van der Waals surface area contributed by atoms with Gasteiger partial charge in [-0.1, -0.05) is 44.7 Å². The van der Waals surface area contributed by atoms with Crippen LogP contribution in [-0.4, -0.2) is 18.3 Å². The van der Waals surface area contributed by atoms with Crippen molar-refractivity contribution in [1.82, 2.24) is 5.32 Å². The molecule has 3 rings (SSSR count). The van der Waals surface area contributed by atoms with Crippen LogP contribution in [0.1, 0.15) is 31.9 Å². The van der Waals surface area contributed by atoms with Crippen LogP contribution in [0, 0.1) is 5.41 Å². The molecular formula is C18H22N2O2S. The van der Waals surface area contributed by atoms with Crippen molar-refractivity contribution in [1.29, 1.82) is 0 Å². The lowest BCUT2D eigenvalue weighted by atomic mass is 9.93. The molecule has 1 aromatic carbocycles. The highest BCUT2D eigenvalue weighted by Crippen LogP contribution is 2.25. The van der Waals surface area contributed by atoms with Gasteiger partial charge in [0.15, 0.2) is 5.17 Å². The Bertz CT molecular complexity index is 808. The van der Waals surface area contributed by atoms with Crippen LogP contribution in [0.25, 0.3) is 11.0 Å². The molecule has 1 aromatic heterocycles. The van der Waals surface area contributed by atoms with E-state index in [1.54, 1.807) is 17.8 Å². The summed E-state index contributed by atoms with van der Waals surface area (Å²) >= 11 is 1.64. The summed E-state index contributed by atoms with van der Waals surface area (Å²) in [5.41, 5.74) is 2.76. The molecule has 2 aromatic rings. The number of hydrogen-bond acceptors (Lipinski definition) is 5. The Morgan fingerprint density at radius 2 is 2.17 bits per heavy atom. The molecule has 0 saturated carbocycles. The fraction of sp³-hybridized carbons (Fsp3) is 0.444. The molecule has 1 N–H and O–H groups in total. The van der Waals surface area contributed by atoms with Gasteiger partial charge in [-0.25, -0.2) is 4.79 Å². The van der Waals surface area contributed by atoms with Crippen LogP contribution < -0.4 is 10.9 Å². The van der Waals surface area contributed by atoms with E-state index in [1.165, 1.54) is 5.56 Å². The highest BCUT2D eigenvalue weighted by atomic mass is 32.2. The molecule has 4 nitrogen and oxygen atoms in total. The van der Waals surface area contributed by atoms with Crippen LogP contribution in [0.15, 0.2) is 38.5 Å². The topological polar surface area (TPSA) is 54.6 Å². The molecule has 5 heteroatoms. The molecule has 0 fully saturated rings. The Labute approximate surface area is 140 Å². The zero-order valence-electron chi connectivity index (χ0n) is 13.8. The van der Waals surface area contributed by atoms with Crippen LogP contribution >= 0.6 is 11.8 Å². The zero-order valence-corrected chi connectivity index (χ0v) is 14.6. The molecule has 0 spiro atoms. The molecule has 0 radical (unpaired) electrons. The third kappa shape index (κ3) is 3.78. The lowest BCUT2D eigenvalue weighted by Crippen LogP contribution is -2.39. The molecule has 122 valence electrons. The minimum absolute atomic E-state index is 0.209. The fourth-order valence-electron chi connectivity index (χ4n) is 2.57. The third-order valence-electron chi connectivity index (χ3n) is 4.04. The molecule has 0 amide bonds. The van der Waals surface area contributed by atoms with Crippen molar-refractivity contribution < 1.29 is 4.42 Å². The summed E-state index contributed by atoms with van der Waals surface area (Å²) in [5.74, 6) is 0.708. The third-order valence-corrected chi connectivity index (χ3v) is 5.04. The second kappa shape index (κ2) is 6.40. The van der Waals surface area contributed by atoms with E-state index in [0.29, 0.717) is 11.3 Å². The molecule has 2 heterocycles. The number of benzene rings is 1. The first kappa shape index (κ1) is 16.1. The zero-order chi connectivity index (χ0) is 16.4. The number of aliphatic imine (C=N–C) groups is 1. The summed E-state index contributed by atoms with van der Waals surface area (Å²) in [5, 5.41) is 5.33. The van der Waals surface area contributed by atoms with Gasteiger partial charge in [0.2, 0.25) is 0 Å². The maximum absolute atomic E-state index is 11.8. The Kier molecular flexibility index (Phi) is 4.48. The number of nitrogens with zero attached hydrogens (tertiary/aromatic N) is 1. The second-order valence-electron chi connectivity index (χ2n) is 6.70. The molecular weight excluding hydrogens is 308 g/mol. The van der Waals surface area contributed by atoms with Crippen molar-refractivity contribution in [2.45, 2.75) is 32.9 Å². The van der Waals surface area contributed by atoms with Gasteiger partial charge in [0, 0.05) is 35.7 Å². The van der Waals surface area contributed by atoms with Crippen molar-refractivity contribution >= 4 is 27.9 Å². The van der Waals surface area contributed by atoms with Crippen molar-refractivity contribution in [2.75, 3.05) is 13.1 Å². The largest absolute Gasteiger partial charge is 0.423 e. The smallest absolute Gasteiger partial charge is 0.336 e. The van der Waals surface area contributed by atoms with Crippen LogP contribution in [0.3, 0.4) is 0 Å². The number of thioether (sulfide) groups is 1. The predicted molar refractivity (Wildman–Crippen MR) is 97.2 cm³/mol. The number of nitrogens with one attached hydrogen (secondary N) is 1. The van der Waals surface area contributed by atoms with E-state index in [1.807, 2.05) is 12.1 Å². The van der Waals surface area contributed by atoms with Crippen molar-refractivity contribution in [3.05, 3.63) is 45.8 Å². The van der Waals surface area contributed by atoms with Gasteiger partial charge in [-0.2, -0.15) is 0 Å². The first-order valence-electron chi connectivity index (χ1n) is 7.94. The van der Waals surface area contributed by atoms with Gasteiger partial charge in [-0.05, 0) is 23.6 Å². The molecule has 0 aliphatic carbocycles. The predicted octanol–water partition coefficient (Wildman–Crippen LogP) is 3.57. The van der Waals surface area contributed by atoms with Gasteiger partial charge in [0.25, 0.3) is 0 Å². The average Bonchev–Trinajstić information content (AvgIpc) is 2.52. The number of rotatable bonds is 3. The number of aryl methyl sites for hydroxylation is 1. The van der Waals surface area contributed by atoms with Gasteiger partial charge >= 0.3 is 5.63 Å². The molecule has 23 heavy (non-hydrogen) atoms. The quantitative estimate of drug-likeness (QED) is 0.874. The lowest BCUT2D eigenvalue weighted by Gasteiger charge is -2.28. The van der Waals surface area contributed by atoms with E-state index < -0.39 is 0 Å². The normalized spacial score (nSPS) is 16.9. The molecule has 0 bridgehead atoms. The molecule has 0 unspecified atom stereocenters. The van der Waals surface area contributed by atoms with Crippen LogP contribution in [0.5, 0.6) is 0 Å². The molecule has 0 saturated heterocycles. The Balaban J connectivity index is 1.83. The summed E-state index contributed by atoms with van der Waals surface area (Å²) in [4.78, 5) is 16.4. The Morgan fingerprint density at radius 3 is 2.87 bits per heavy atom. The fourth-order valence-corrected chi connectivity index (χ4v) is 3.43. The van der Waals surface area contributed by atoms with Crippen molar-refractivity contribution in [3.8, 4) is 0 Å². The minimum atomic E-state index is -0.291. The highest BCUT2D eigenvalue weighted by molar-refractivity contribution is 8.13. The Hall–Kier alpha value is -1.75. The molecule has 1 aliphatic heterocycles.